The normalized spacial score (nSPS) is 18.5. The van der Waals surface area contributed by atoms with Gasteiger partial charge < -0.3 is 30.8 Å². The van der Waals surface area contributed by atoms with Gasteiger partial charge in [-0.3, -0.25) is 9.69 Å². The number of benzene rings is 3. The Kier molecular flexibility index (Phi) is 8.62. The van der Waals surface area contributed by atoms with Crippen LogP contribution in [0.4, 0.5) is 11.6 Å². The minimum absolute atomic E-state index is 0.0798. The van der Waals surface area contributed by atoms with E-state index >= 15 is 0 Å². The molecule has 1 amide bonds. The number of carboxylic acid groups (broad SMARTS) is 1. The van der Waals surface area contributed by atoms with Gasteiger partial charge in [0.2, 0.25) is 11.8 Å². The number of nitrogens with one attached hydrogen (secondary N) is 2. The summed E-state index contributed by atoms with van der Waals surface area (Å²) in [6, 6.07) is 19.6. The van der Waals surface area contributed by atoms with Crippen LogP contribution in [0, 0.1) is 0 Å². The van der Waals surface area contributed by atoms with E-state index in [4.69, 9.17) is 10.5 Å². The van der Waals surface area contributed by atoms with Gasteiger partial charge in [-0.15, -0.1) is 0 Å². The first kappa shape index (κ1) is 34.7. The van der Waals surface area contributed by atoms with Gasteiger partial charge in [-0.05, 0) is 87.0 Å². The van der Waals surface area contributed by atoms with Gasteiger partial charge in [-0.1, -0.05) is 61.7 Å². The maximum Gasteiger partial charge on any atom is 0.336 e. The second kappa shape index (κ2) is 13.7. The molecule has 1 unspecified atom stereocenters. The highest BCUT2D eigenvalue weighted by atomic mass is 28.3. The summed E-state index contributed by atoms with van der Waals surface area (Å²) in [4.78, 5) is 46.9. The van der Waals surface area contributed by atoms with E-state index in [9.17, 15) is 14.7 Å². The molecule has 9 rings (SSSR count). The molecular formula is C42H42N8O4Si. The van der Waals surface area contributed by atoms with Crippen LogP contribution in [0.25, 0.3) is 16.7 Å². The van der Waals surface area contributed by atoms with Gasteiger partial charge in [-0.2, -0.15) is 9.97 Å². The van der Waals surface area contributed by atoms with Gasteiger partial charge in [0.1, 0.15) is 20.2 Å². The van der Waals surface area contributed by atoms with E-state index in [2.05, 4.69) is 84.6 Å². The average Bonchev–Trinajstić information content (AvgIpc) is 3.61. The number of aromatic carboxylic acids is 1. The Balaban J connectivity index is 0.998. The zero-order valence-electron chi connectivity index (χ0n) is 30.8. The third kappa shape index (κ3) is 6.28. The number of carbonyl (C=O) groups is 2. The predicted molar refractivity (Wildman–Crippen MR) is 215 cm³/mol. The molecule has 0 spiro atoms. The van der Waals surface area contributed by atoms with E-state index < -0.39 is 14.0 Å². The van der Waals surface area contributed by atoms with Gasteiger partial charge in [0, 0.05) is 50.0 Å². The predicted octanol–water partition coefficient (Wildman–Crippen LogP) is 5.19. The molecule has 5 heterocycles. The SMILES string of the molecule is C[Si]1(C)C2=CC(N3CCC3)C=CC2=C(c2cc(C(=O)NCc3ccc(COc4nc(N)nc5nc[nH]c45)cc3)ccc2C(=O)O)c2ccc(N3CCC3)cc21. The van der Waals surface area contributed by atoms with Crippen molar-refractivity contribution in [3.63, 3.8) is 0 Å². The lowest BCUT2D eigenvalue weighted by Gasteiger charge is -2.43. The van der Waals surface area contributed by atoms with Crippen LogP contribution in [-0.2, 0) is 13.2 Å². The summed E-state index contributed by atoms with van der Waals surface area (Å²) in [5.41, 5.74) is 14.0. The molecule has 2 saturated heterocycles. The molecule has 4 aliphatic rings. The lowest BCUT2D eigenvalue weighted by molar-refractivity contribution is 0.0696. The quantitative estimate of drug-likeness (QED) is 0.140. The third-order valence-corrected chi connectivity index (χ3v) is 15.0. The number of nitrogens with two attached hydrogens (primary N) is 1. The second-order valence-electron chi connectivity index (χ2n) is 15.1. The number of hydrogen-bond acceptors (Lipinski definition) is 9. The zero-order chi connectivity index (χ0) is 37.8. The Morgan fingerprint density at radius 3 is 2.49 bits per heavy atom. The molecular weight excluding hydrogens is 709 g/mol. The van der Waals surface area contributed by atoms with Crippen molar-refractivity contribution in [1.29, 1.82) is 0 Å². The molecule has 3 aliphatic heterocycles. The maximum atomic E-state index is 13.8. The van der Waals surface area contributed by atoms with Crippen LogP contribution in [0.2, 0.25) is 13.1 Å². The van der Waals surface area contributed by atoms with E-state index in [1.165, 1.54) is 35.2 Å². The Labute approximate surface area is 319 Å². The fourth-order valence-corrected chi connectivity index (χ4v) is 11.2. The van der Waals surface area contributed by atoms with Crippen LogP contribution in [0.15, 0.2) is 96.0 Å². The first-order valence-corrected chi connectivity index (χ1v) is 21.8. The number of imidazole rings is 1. The fourth-order valence-electron chi connectivity index (χ4n) is 8.04. The molecule has 2 aromatic heterocycles. The second-order valence-corrected chi connectivity index (χ2v) is 19.5. The summed E-state index contributed by atoms with van der Waals surface area (Å²) in [5.74, 6) is -0.910. The third-order valence-electron chi connectivity index (χ3n) is 11.4. The van der Waals surface area contributed by atoms with Crippen molar-refractivity contribution in [2.75, 3.05) is 36.8 Å². The van der Waals surface area contributed by atoms with E-state index in [-0.39, 0.29) is 36.6 Å². The largest absolute Gasteiger partial charge is 0.478 e. The molecule has 1 atom stereocenters. The lowest BCUT2D eigenvalue weighted by atomic mass is 9.85. The van der Waals surface area contributed by atoms with Crippen molar-refractivity contribution < 1.29 is 19.4 Å². The summed E-state index contributed by atoms with van der Waals surface area (Å²) in [6.45, 7) is 9.62. The minimum atomic E-state index is -2.21. The number of fused-ring (bicyclic) bond motifs is 3. The number of likely N-dealkylation sites (tertiary alicyclic amines) is 1. The lowest BCUT2D eigenvalue weighted by Crippen LogP contribution is -2.52. The highest BCUT2D eigenvalue weighted by Crippen LogP contribution is 2.44. The minimum Gasteiger partial charge on any atom is -0.478 e. The number of aromatic amines is 1. The van der Waals surface area contributed by atoms with E-state index in [0.29, 0.717) is 28.2 Å². The van der Waals surface area contributed by atoms with Crippen molar-refractivity contribution >= 4 is 53.5 Å². The number of hydrogen-bond donors (Lipinski definition) is 4. The fraction of sp³-hybridized carbons (Fsp3) is 0.262. The van der Waals surface area contributed by atoms with Crippen molar-refractivity contribution in [3.8, 4) is 5.88 Å². The van der Waals surface area contributed by atoms with Gasteiger partial charge >= 0.3 is 5.97 Å². The van der Waals surface area contributed by atoms with Crippen molar-refractivity contribution in [3.05, 3.63) is 129 Å². The molecule has 12 nitrogen and oxygen atoms in total. The number of aromatic nitrogens is 4. The molecule has 0 radical (unpaired) electrons. The van der Waals surface area contributed by atoms with Crippen LogP contribution < -0.4 is 25.9 Å². The van der Waals surface area contributed by atoms with E-state index in [1.807, 2.05) is 24.3 Å². The van der Waals surface area contributed by atoms with Gasteiger partial charge in [0.15, 0.2) is 5.65 Å². The molecule has 0 saturated carbocycles. The summed E-state index contributed by atoms with van der Waals surface area (Å²) >= 11 is 0. The summed E-state index contributed by atoms with van der Waals surface area (Å²) in [7, 11) is -2.21. The Bertz CT molecular complexity index is 2460. The number of nitrogens with zero attached hydrogens (tertiary/aromatic N) is 5. The van der Waals surface area contributed by atoms with Crippen molar-refractivity contribution in [2.24, 2.45) is 0 Å². The van der Waals surface area contributed by atoms with Crippen LogP contribution >= 0.6 is 0 Å². The summed E-state index contributed by atoms with van der Waals surface area (Å²) in [5, 5.41) is 16.2. The molecule has 55 heavy (non-hydrogen) atoms. The Morgan fingerprint density at radius 2 is 1.76 bits per heavy atom. The first-order valence-electron chi connectivity index (χ1n) is 18.8. The van der Waals surface area contributed by atoms with Crippen molar-refractivity contribution in [1.82, 2.24) is 30.2 Å². The highest BCUT2D eigenvalue weighted by molar-refractivity contribution is 6.97. The standard InChI is InChI=1S/C42H42N8O4Si/c1-55(2)34-20-28(49-15-3-16-49)10-13-31(34)36(32-14-11-29(21-35(32)55)50-17-4-18-50)33-19-27(9-12-30(33)41(52)53)39(51)44-22-25-5-7-26(8-6-25)23-54-40-37-38(46-24-45-37)47-42(43)48-40/h5-14,19-21,24,28H,3-4,15-18,22-23H2,1-2H3,(H,44,51)(H,52,53)(H3,43,45,46,47,48). The zero-order valence-corrected chi connectivity index (χ0v) is 31.8. The number of allylic oxidation sites excluding steroid dienone is 3. The number of carboxylic acids is 1. The van der Waals surface area contributed by atoms with Gasteiger partial charge in [0.05, 0.1) is 11.9 Å². The number of ether oxygens (including phenoxy) is 1. The number of amides is 1. The number of carbonyl (C=O) groups excluding carboxylic acids is 1. The van der Waals surface area contributed by atoms with Gasteiger partial charge in [0.25, 0.3) is 5.91 Å². The Hall–Kier alpha value is -6.05. The summed E-state index contributed by atoms with van der Waals surface area (Å²) in [6.07, 6.45) is 10.8. The first-order chi connectivity index (χ1) is 26.6. The molecule has 0 bridgehead atoms. The number of anilines is 2. The van der Waals surface area contributed by atoms with Crippen LogP contribution in [0.5, 0.6) is 5.88 Å². The number of H-pyrrole nitrogens is 1. The number of rotatable bonds is 10. The van der Waals surface area contributed by atoms with Gasteiger partial charge in [-0.25, -0.2) is 9.78 Å². The maximum absolute atomic E-state index is 13.8. The average molecular weight is 751 g/mol. The molecule has 3 aromatic carbocycles. The van der Waals surface area contributed by atoms with Crippen LogP contribution in [0.1, 0.15) is 55.8 Å². The molecule has 1 aliphatic carbocycles. The number of nitrogen functional groups attached to an aromatic ring is 1. The monoisotopic (exact) mass is 750 g/mol. The molecule has 2 fully saturated rings. The molecule has 5 aromatic rings. The van der Waals surface area contributed by atoms with Crippen LogP contribution in [0.3, 0.4) is 0 Å². The van der Waals surface area contributed by atoms with Crippen LogP contribution in [-0.4, -0.2) is 82.1 Å². The molecule has 13 heteroatoms. The van der Waals surface area contributed by atoms with E-state index in [1.54, 1.807) is 18.2 Å². The molecule has 5 N–H and O–H groups in total. The smallest absolute Gasteiger partial charge is 0.336 e. The summed E-state index contributed by atoms with van der Waals surface area (Å²) < 4.78 is 5.91. The van der Waals surface area contributed by atoms with Crippen molar-refractivity contribution in [2.45, 2.75) is 45.1 Å². The Morgan fingerprint density at radius 1 is 0.982 bits per heavy atom. The topological polar surface area (TPSA) is 163 Å². The molecule has 278 valence electrons. The highest BCUT2D eigenvalue weighted by Gasteiger charge is 2.42. The van der Waals surface area contributed by atoms with E-state index in [0.717, 1.165) is 54.0 Å².